The van der Waals surface area contributed by atoms with Crippen molar-refractivity contribution in [2.75, 3.05) is 32.8 Å². The highest BCUT2D eigenvalue weighted by Crippen LogP contribution is 2.28. The molecule has 1 fully saturated rings. The van der Waals surface area contributed by atoms with Gasteiger partial charge >= 0.3 is 0 Å². The van der Waals surface area contributed by atoms with Crippen LogP contribution in [-0.4, -0.2) is 50.0 Å². The average Bonchev–Trinajstić information content (AvgIpc) is 3.42. The fourth-order valence-electron chi connectivity index (χ4n) is 2.53. The SMILES string of the molecule is CCNC(=NCC(C)(C)c1ccccc1)NCC(O)COCC1CC1.I. The van der Waals surface area contributed by atoms with Gasteiger partial charge < -0.3 is 20.5 Å². The van der Waals surface area contributed by atoms with Gasteiger partial charge in [-0.1, -0.05) is 44.2 Å². The van der Waals surface area contributed by atoms with Gasteiger partial charge in [0.05, 0.1) is 19.3 Å². The van der Waals surface area contributed by atoms with Gasteiger partial charge in [-0.2, -0.15) is 0 Å². The van der Waals surface area contributed by atoms with Crippen molar-refractivity contribution in [2.45, 2.75) is 45.1 Å². The Labute approximate surface area is 175 Å². The van der Waals surface area contributed by atoms with Crippen LogP contribution < -0.4 is 10.6 Å². The lowest BCUT2D eigenvalue weighted by atomic mass is 9.85. The first kappa shape index (κ1) is 23.2. The summed E-state index contributed by atoms with van der Waals surface area (Å²) in [4.78, 5) is 4.69. The number of nitrogens with zero attached hydrogens (tertiary/aromatic N) is 1. The lowest BCUT2D eigenvalue weighted by Crippen LogP contribution is -2.43. The molecule has 0 aromatic heterocycles. The Balaban J connectivity index is 0.00000338. The van der Waals surface area contributed by atoms with Gasteiger partial charge in [0.1, 0.15) is 0 Å². The zero-order valence-electron chi connectivity index (χ0n) is 16.2. The maximum atomic E-state index is 10.0. The Morgan fingerprint density at radius 1 is 1.27 bits per heavy atom. The minimum atomic E-state index is -0.523. The molecule has 6 heteroatoms. The van der Waals surface area contributed by atoms with Crippen LogP contribution in [0.2, 0.25) is 0 Å². The van der Waals surface area contributed by atoms with Gasteiger partial charge in [0.15, 0.2) is 5.96 Å². The van der Waals surface area contributed by atoms with Crippen LogP contribution in [0.4, 0.5) is 0 Å². The number of aliphatic hydroxyl groups is 1. The van der Waals surface area contributed by atoms with Crippen molar-refractivity contribution in [3.05, 3.63) is 35.9 Å². The molecule has 0 aliphatic heterocycles. The maximum Gasteiger partial charge on any atom is 0.191 e. The molecule has 1 saturated carbocycles. The Kier molecular flexibility index (Phi) is 10.5. The van der Waals surface area contributed by atoms with Gasteiger partial charge in [0.2, 0.25) is 0 Å². The predicted molar refractivity (Wildman–Crippen MR) is 118 cm³/mol. The van der Waals surface area contributed by atoms with E-state index in [0.717, 1.165) is 25.0 Å². The zero-order valence-corrected chi connectivity index (χ0v) is 18.5. The molecule has 0 heterocycles. The summed E-state index contributed by atoms with van der Waals surface area (Å²) in [7, 11) is 0. The molecule has 5 nitrogen and oxygen atoms in total. The van der Waals surface area contributed by atoms with Crippen LogP contribution in [-0.2, 0) is 10.2 Å². The molecule has 2 rings (SSSR count). The predicted octanol–water partition coefficient (Wildman–Crippen LogP) is 2.92. The van der Waals surface area contributed by atoms with Crippen molar-refractivity contribution >= 4 is 29.9 Å². The number of benzene rings is 1. The van der Waals surface area contributed by atoms with Crippen LogP contribution >= 0.6 is 24.0 Å². The third-order valence-corrected chi connectivity index (χ3v) is 4.40. The third kappa shape index (κ3) is 8.68. The van der Waals surface area contributed by atoms with Gasteiger partial charge in [0.25, 0.3) is 0 Å². The molecule has 0 saturated heterocycles. The summed E-state index contributed by atoms with van der Waals surface area (Å²) in [6.45, 7) is 9.45. The molecule has 0 radical (unpaired) electrons. The third-order valence-electron chi connectivity index (χ3n) is 4.40. The van der Waals surface area contributed by atoms with Gasteiger partial charge in [-0.05, 0) is 31.2 Å². The number of guanidine groups is 1. The standard InChI is InChI=1S/C20H33N3O2.HI/c1-4-21-19(22-12-18(24)14-25-13-16-10-11-16)23-15-20(2,3)17-8-6-5-7-9-17;/h5-9,16,18,24H,4,10-15H2,1-3H3,(H2,21,22,23);1H. The second-order valence-electron chi connectivity index (χ2n) is 7.46. The monoisotopic (exact) mass is 475 g/mol. The van der Waals surface area contributed by atoms with E-state index >= 15 is 0 Å². The summed E-state index contributed by atoms with van der Waals surface area (Å²) in [5, 5.41) is 16.5. The maximum absolute atomic E-state index is 10.0. The second kappa shape index (κ2) is 11.8. The molecular weight excluding hydrogens is 441 g/mol. The Morgan fingerprint density at radius 3 is 2.58 bits per heavy atom. The van der Waals surface area contributed by atoms with Crippen molar-refractivity contribution in [1.82, 2.24) is 10.6 Å². The molecule has 0 spiro atoms. The number of hydrogen-bond acceptors (Lipinski definition) is 3. The minimum absolute atomic E-state index is 0. The highest BCUT2D eigenvalue weighted by Gasteiger charge is 2.22. The highest BCUT2D eigenvalue weighted by atomic mass is 127. The number of nitrogens with one attached hydrogen (secondary N) is 2. The molecule has 1 aliphatic carbocycles. The molecule has 1 aromatic rings. The van der Waals surface area contributed by atoms with E-state index in [4.69, 9.17) is 9.73 Å². The quantitative estimate of drug-likeness (QED) is 0.277. The number of hydrogen-bond donors (Lipinski definition) is 3. The smallest absolute Gasteiger partial charge is 0.191 e. The lowest BCUT2D eigenvalue weighted by molar-refractivity contribution is 0.0345. The molecule has 1 unspecified atom stereocenters. The second-order valence-corrected chi connectivity index (χ2v) is 7.46. The zero-order chi connectivity index (χ0) is 18.1. The summed E-state index contributed by atoms with van der Waals surface area (Å²) in [5.41, 5.74) is 1.22. The van der Waals surface area contributed by atoms with E-state index in [-0.39, 0.29) is 29.4 Å². The van der Waals surface area contributed by atoms with Crippen molar-refractivity contribution in [3.63, 3.8) is 0 Å². The van der Waals surface area contributed by atoms with Crippen LogP contribution in [0.15, 0.2) is 35.3 Å². The normalized spacial score (nSPS) is 15.9. The summed E-state index contributed by atoms with van der Waals surface area (Å²) in [5.74, 6) is 1.45. The topological polar surface area (TPSA) is 65.9 Å². The van der Waals surface area contributed by atoms with Crippen molar-refractivity contribution in [1.29, 1.82) is 0 Å². The fraction of sp³-hybridized carbons (Fsp3) is 0.650. The summed E-state index contributed by atoms with van der Waals surface area (Å²) >= 11 is 0. The lowest BCUT2D eigenvalue weighted by Gasteiger charge is -2.24. The number of aliphatic hydroxyl groups excluding tert-OH is 1. The van der Waals surface area contributed by atoms with Crippen molar-refractivity contribution < 1.29 is 9.84 Å². The van der Waals surface area contributed by atoms with Gasteiger partial charge in [-0.25, -0.2) is 0 Å². The van der Waals surface area contributed by atoms with Crippen LogP contribution in [0, 0.1) is 5.92 Å². The molecular formula is C20H34IN3O2. The molecule has 0 bridgehead atoms. The molecule has 1 aromatic carbocycles. The first-order valence-corrected chi connectivity index (χ1v) is 9.35. The molecule has 1 atom stereocenters. The average molecular weight is 475 g/mol. The molecule has 3 N–H and O–H groups in total. The fourth-order valence-corrected chi connectivity index (χ4v) is 2.53. The van der Waals surface area contributed by atoms with Crippen LogP contribution in [0.1, 0.15) is 39.2 Å². The summed E-state index contributed by atoms with van der Waals surface area (Å²) in [6.07, 6.45) is 2.01. The van der Waals surface area contributed by atoms with Gasteiger partial charge in [-0.15, -0.1) is 24.0 Å². The number of halogens is 1. The van der Waals surface area contributed by atoms with E-state index in [1.165, 1.54) is 18.4 Å². The molecule has 1 aliphatic rings. The Morgan fingerprint density at radius 2 is 1.96 bits per heavy atom. The van der Waals surface area contributed by atoms with Crippen molar-refractivity contribution in [3.8, 4) is 0 Å². The summed E-state index contributed by atoms with van der Waals surface area (Å²) < 4.78 is 5.53. The van der Waals surface area contributed by atoms with E-state index in [1.807, 2.05) is 13.0 Å². The van der Waals surface area contributed by atoms with E-state index in [9.17, 15) is 5.11 Å². The van der Waals surface area contributed by atoms with E-state index in [2.05, 4.69) is 48.7 Å². The Bertz CT molecular complexity index is 533. The van der Waals surface area contributed by atoms with Crippen LogP contribution in [0.25, 0.3) is 0 Å². The Hall–Kier alpha value is -0.860. The van der Waals surface area contributed by atoms with Crippen LogP contribution in [0.5, 0.6) is 0 Å². The highest BCUT2D eigenvalue weighted by molar-refractivity contribution is 14.0. The van der Waals surface area contributed by atoms with E-state index in [0.29, 0.717) is 19.7 Å². The minimum Gasteiger partial charge on any atom is -0.389 e. The van der Waals surface area contributed by atoms with E-state index < -0.39 is 6.10 Å². The number of ether oxygens (including phenoxy) is 1. The molecule has 0 amide bonds. The number of aliphatic imine (C=N–C) groups is 1. The largest absolute Gasteiger partial charge is 0.389 e. The molecule has 148 valence electrons. The first-order chi connectivity index (χ1) is 12.0. The van der Waals surface area contributed by atoms with Crippen molar-refractivity contribution in [2.24, 2.45) is 10.9 Å². The molecule has 26 heavy (non-hydrogen) atoms. The number of rotatable bonds is 10. The summed E-state index contributed by atoms with van der Waals surface area (Å²) in [6, 6.07) is 10.4. The first-order valence-electron chi connectivity index (χ1n) is 9.35. The van der Waals surface area contributed by atoms with Crippen LogP contribution in [0.3, 0.4) is 0 Å². The van der Waals surface area contributed by atoms with Gasteiger partial charge in [0, 0.05) is 25.1 Å². The van der Waals surface area contributed by atoms with E-state index in [1.54, 1.807) is 0 Å². The van der Waals surface area contributed by atoms with Gasteiger partial charge in [-0.3, -0.25) is 4.99 Å².